The molecule has 2 aliphatic rings. The van der Waals surface area contributed by atoms with E-state index in [0.717, 1.165) is 18.5 Å². The van der Waals surface area contributed by atoms with Crippen LogP contribution in [0.3, 0.4) is 0 Å². The second-order valence-electron chi connectivity index (χ2n) is 7.83. The molecule has 3 rings (SSSR count). The van der Waals surface area contributed by atoms with Gasteiger partial charge in [0.15, 0.2) is 0 Å². The van der Waals surface area contributed by atoms with Crippen LogP contribution in [0.2, 0.25) is 0 Å². The van der Waals surface area contributed by atoms with Gasteiger partial charge >= 0.3 is 0 Å². The number of amides is 2. The molecule has 0 bridgehead atoms. The predicted octanol–water partition coefficient (Wildman–Crippen LogP) is 2.60. The Kier molecular flexibility index (Phi) is 3.82. The fourth-order valence-electron chi connectivity index (χ4n) is 3.32. The summed E-state index contributed by atoms with van der Waals surface area (Å²) in [5.41, 5.74) is 1.14. The smallest absolute Gasteiger partial charge is 0.255 e. The average molecular weight is 315 g/mol. The topological polar surface area (TPSA) is 61.4 Å². The molecule has 2 N–H and O–H groups in total. The average Bonchev–Trinajstić information content (AvgIpc) is 2.46. The normalized spacial score (nSPS) is 19.8. The number of nitrogens with zero attached hydrogens (tertiary/aromatic N) is 1. The second kappa shape index (κ2) is 5.55. The van der Waals surface area contributed by atoms with E-state index in [-0.39, 0.29) is 17.2 Å². The first kappa shape index (κ1) is 15.8. The van der Waals surface area contributed by atoms with Gasteiger partial charge in [-0.2, -0.15) is 0 Å². The summed E-state index contributed by atoms with van der Waals surface area (Å²) in [7, 11) is 0. The third kappa shape index (κ3) is 3.33. The van der Waals surface area contributed by atoms with Crippen molar-refractivity contribution in [1.29, 1.82) is 0 Å². The summed E-state index contributed by atoms with van der Waals surface area (Å²) < 4.78 is 0. The van der Waals surface area contributed by atoms with Gasteiger partial charge in [-0.25, -0.2) is 0 Å². The number of rotatable bonds is 1. The van der Waals surface area contributed by atoms with Crippen LogP contribution in [0.15, 0.2) is 24.3 Å². The molecule has 0 saturated carbocycles. The van der Waals surface area contributed by atoms with E-state index >= 15 is 0 Å². The molecule has 2 heterocycles. The summed E-state index contributed by atoms with van der Waals surface area (Å²) in [4.78, 5) is 26.6. The molecule has 0 unspecified atom stereocenters. The number of benzene rings is 1. The number of fused-ring (bicyclic) bond motifs is 1. The molecule has 124 valence electrons. The van der Waals surface area contributed by atoms with Crippen molar-refractivity contribution in [3.05, 3.63) is 29.8 Å². The van der Waals surface area contributed by atoms with E-state index in [1.54, 1.807) is 0 Å². The summed E-state index contributed by atoms with van der Waals surface area (Å²) in [6.07, 6.45) is 2.01. The zero-order valence-corrected chi connectivity index (χ0v) is 14.1. The summed E-state index contributed by atoms with van der Waals surface area (Å²) in [6, 6.07) is 7.56. The lowest BCUT2D eigenvalue weighted by molar-refractivity contribution is -0.134. The highest BCUT2D eigenvalue weighted by Crippen LogP contribution is 2.32. The number of hydrogen-bond acceptors (Lipinski definition) is 3. The molecule has 1 fully saturated rings. The molecule has 0 radical (unpaired) electrons. The highest BCUT2D eigenvalue weighted by atomic mass is 16.2. The van der Waals surface area contributed by atoms with Crippen molar-refractivity contribution in [2.24, 2.45) is 5.41 Å². The quantitative estimate of drug-likeness (QED) is 0.837. The van der Waals surface area contributed by atoms with Crippen molar-refractivity contribution in [3.63, 3.8) is 0 Å². The summed E-state index contributed by atoms with van der Waals surface area (Å²) in [6.45, 7) is 7.58. The largest absolute Gasteiger partial charge is 0.362 e. The third-order valence-corrected chi connectivity index (χ3v) is 4.55. The van der Waals surface area contributed by atoms with Crippen molar-refractivity contribution in [2.45, 2.75) is 45.7 Å². The van der Waals surface area contributed by atoms with Crippen LogP contribution in [0.25, 0.3) is 0 Å². The molecule has 0 aromatic heterocycles. The first-order chi connectivity index (χ1) is 10.8. The molecule has 5 heteroatoms. The molecule has 1 aromatic rings. The second-order valence-corrected chi connectivity index (χ2v) is 7.83. The van der Waals surface area contributed by atoms with E-state index in [1.807, 2.05) is 29.2 Å². The Hall–Kier alpha value is -2.04. The molecule has 2 aliphatic heterocycles. The van der Waals surface area contributed by atoms with Gasteiger partial charge in [0, 0.05) is 38.0 Å². The summed E-state index contributed by atoms with van der Waals surface area (Å²) >= 11 is 0. The van der Waals surface area contributed by atoms with Crippen molar-refractivity contribution >= 4 is 17.5 Å². The van der Waals surface area contributed by atoms with E-state index in [0.29, 0.717) is 25.1 Å². The summed E-state index contributed by atoms with van der Waals surface area (Å²) in [5.74, 6) is 0.170. The lowest BCUT2D eigenvalue weighted by Crippen LogP contribution is -2.62. The van der Waals surface area contributed by atoms with E-state index in [1.165, 1.54) is 0 Å². The number of anilines is 1. The molecule has 2 amide bonds. The molecule has 1 aromatic carbocycles. The molecular formula is C18H25N3O2. The number of para-hydroxylation sites is 1. The van der Waals surface area contributed by atoms with Crippen LogP contribution in [0.5, 0.6) is 0 Å². The van der Waals surface area contributed by atoms with Crippen molar-refractivity contribution in [2.75, 3.05) is 18.4 Å². The number of nitrogens with one attached hydrogen (secondary N) is 2. The van der Waals surface area contributed by atoms with Gasteiger partial charge in [0.2, 0.25) is 5.91 Å². The van der Waals surface area contributed by atoms with Crippen LogP contribution in [0.4, 0.5) is 5.69 Å². The number of hydrogen-bond donors (Lipinski definition) is 2. The van der Waals surface area contributed by atoms with Crippen LogP contribution >= 0.6 is 0 Å². The fraction of sp³-hybridized carbons (Fsp3) is 0.556. The van der Waals surface area contributed by atoms with Gasteiger partial charge < -0.3 is 15.5 Å². The molecule has 1 spiro atoms. The van der Waals surface area contributed by atoms with Gasteiger partial charge in [0.25, 0.3) is 5.91 Å². The lowest BCUT2D eigenvalue weighted by Gasteiger charge is -2.46. The predicted molar refractivity (Wildman–Crippen MR) is 90.1 cm³/mol. The van der Waals surface area contributed by atoms with E-state index in [9.17, 15) is 9.59 Å². The standard InChI is InChI=1S/C18H25N3O2/c1-17(2,3)12-15(22)21-10-8-18(9-11-21)19-14-7-5-4-6-13(14)16(23)20-18/h4-7,19H,8-12H2,1-3H3,(H,20,23). The summed E-state index contributed by atoms with van der Waals surface area (Å²) in [5, 5.41) is 6.59. The molecule has 23 heavy (non-hydrogen) atoms. The highest BCUT2D eigenvalue weighted by molar-refractivity contribution is 6.02. The van der Waals surface area contributed by atoms with Crippen LogP contribution in [-0.2, 0) is 4.79 Å². The molecule has 0 atom stereocenters. The monoisotopic (exact) mass is 315 g/mol. The first-order valence-corrected chi connectivity index (χ1v) is 8.26. The van der Waals surface area contributed by atoms with Gasteiger partial charge in [0.05, 0.1) is 5.56 Å². The zero-order chi connectivity index (χ0) is 16.7. The third-order valence-electron chi connectivity index (χ3n) is 4.55. The van der Waals surface area contributed by atoms with Crippen LogP contribution in [0.1, 0.15) is 50.4 Å². The highest BCUT2D eigenvalue weighted by Gasteiger charge is 2.41. The van der Waals surface area contributed by atoms with Crippen LogP contribution < -0.4 is 10.6 Å². The number of carbonyl (C=O) groups is 2. The molecule has 0 aliphatic carbocycles. The minimum absolute atomic E-state index is 0.00244. The number of carbonyl (C=O) groups excluding carboxylic acids is 2. The minimum atomic E-state index is -0.427. The minimum Gasteiger partial charge on any atom is -0.362 e. The Morgan fingerprint density at radius 2 is 1.83 bits per heavy atom. The van der Waals surface area contributed by atoms with Gasteiger partial charge in [-0.3, -0.25) is 9.59 Å². The van der Waals surface area contributed by atoms with Gasteiger partial charge in [0.1, 0.15) is 5.66 Å². The van der Waals surface area contributed by atoms with Crippen LogP contribution in [-0.4, -0.2) is 35.5 Å². The van der Waals surface area contributed by atoms with E-state index in [2.05, 4.69) is 31.4 Å². The lowest BCUT2D eigenvalue weighted by atomic mass is 9.89. The maximum atomic E-state index is 12.4. The SMILES string of the molecule is CC(C)(C)CC(=O)N1CCC2(CC1)NC(=O)c1ccccc1N2. The maximum Gasteiger partial charge on any atom is 0.255 e. The van der Waals surface area contributed by atoms with Gasteiger partial charge in [-0.15, -0.1) is 0 Å². The zero-order valence-electron chi connectivity index (χ0n) is 14.1. The first-order valence-electron chi connectivity index (χ1n) is 8.26. The fourth-order valence-corrected chi connectivity index (χ4v) is 3.32. The van der Waals surface area contributed by atoms with Crippen LogP contribution in [0, 0.1) is 5.41 Å². The Morgan fingerprint density at radius 3 is 2.48 bits per heavy atom. The Morgan fingerprint density at radius 1 is 1.17 bits per heavy atom. The van der Waals surface area contributed by atoms with Crippen molar-refractivity contribution < 1.29 is 9.59 Å². The van der Waals surface area contributed by atoms with Crippen molar-refractivity contribution in [1.82, 2.24) is 10.2 Å². The molecular weight excluding hydrogens is 290 g/mol. The Bertz CT molecular complexity index is 625. The van der Waals surface area contributed by atoms with Gasteiger partial charge in [-0.05, 0) is 17.5 Å². The Balaban J connectivity index is 1.67. The maximum absolute atomic E-state index is 12.4. The number of likely N-dealkylation sites (tertiary alicyclic amines) is 1. The van der Waals surface area contributed by atoms with Gasteiger partial charge in [-0.1, -0.05) is 32.9 Å². The van der Waals surface area contributed by atoms with Crippen molar-refractivity contribution in [3.8, 4) is 0 Å². The Labute approximate surface area is 137 Å². The molecule has 5 nitrogen and oxygen atoms in total. The number of piperidine rings is 1. The molecule has 1 saturated heterocycles. The van der Waals surface area contributed by atoms with E-state index < -0.39 is 5.66 Å². The van der Waals surface area contributed by atoms with E-state index in [4.69, 9.17) is 0 Å².